The molecule has 1 aromatic rings. The van der Waals surface area contributed by atoms with Gasteiger partial charge in [-0.05, 0) is 44.9 Å². The zero-order valence-electron chi connectivity index (χ0n) is 10.6. The Morgan fingerprint density at radius 2 is 2.00 bits per heavy atom. The molecule has 0 saturated carbocycles. The predicted molar refractivity (Wildman–Crippen MR) is 76.8 cm³/mol. The van der Waals surface area contributed by atoms with Gasteiger partial charge in [-0.2, -0.15) is 0 Å². The Hall–Kier alpha value is -0.0700. The zero-order valence-corrected chi connectivity index (χ0v) is 13.0. The predicted octanol–water partition coefficient (Wildman–Crippen LogP) is 2.77. The molecule has 0 heterocycles. The van der Waals surface area contributed by atoms with E-state index in [0.29, 0.717) is 0 Å². The van der Waals surface area contributed by atoms with Crippen LogP contribution >= 0.6 is 15.9 Å². The maximum atomic E-state index is 12.0. The number of halogens is 1. The molecule has 17 heavy (non-hydrogen) atoms. The van der Waals surface area contributed by atoms with Gasteiger partial charge in [0.25, 0.3) is 0 Å². The number of hydrogen-bond acceptors (Lipinski definition) is 3. The minimum atomic E-state index is -1.17. The van der Waals surface area contributed by atoms with E-state index in [1.54, 1.807) is 0 Å². The number of rotatable bonds is 3. The second-order valence-corrected chi connectivity index (χ2v) is 7.78. The highest BCUT2D eigenvalue weighted by Crippen LogP contribution is 2.24. The van der Waals surface area contributed by atoms with Crippen molar-refractivity contribution in [3.63, 3.8) is 0 Å². The lowest BCUT2D eigenvalue weighted by molar-refractivity contribution is 0.526. The molecule has 0 spiro atoms. The van der Waals surface area contributed by atoms with Gasteiger partial charge in [0.05, 0.1) is 0 Å². The molecule has 3 nitrogen and oxygen atoms in total. The summed E-state index contributed by atoms with van der Waals surface area (Å²) in [7, 11) is 0. The summed E-state index contributed by atoms with van der Waals surface area (Å²) in [6.45, 7) is 7.73. The molecule has 0 aromatic heterocycles. The Bertz CT molecular complexity index is 393. The lowest BCUT2D eigenvalue weighted by atomic mass is 10.1. The van der Waals surface area contributed by atoms with E-state index in [4.69, 9.17) is 5.73 Å². The molecule has 96 valence electrons. The normalized spacial score (nSPS) is 15.7. The third kappa shape index (κ3) is 3.96. The third-order valence-corrected chi connectivity index (χ3v) is 4.87. The van der Waals surface area contributed by atoms with Crippen molar-refractivity contribution in [2.75, 3.05) is 0 Å². The molecule has 0 aliphatic carbocycles. The van der Waals surface area contributed by atoms with Gasteiger partial charge in [0.2, 0.25) is 0 Å². The number of hydrogen-bond donors (Lipinski definition) is 2. The average Bonchev–Trinajstić information content (AvgIpc) is 2.20. The second kappa shape index (κ2) is 5.71. The highest BCUT2D eigenvalue weighted by molar-refractivity contribution is 9.10. The molecule has 1 rings (SSSR count). The summed E-state index contributed by atoms with van der Waals surface area (Å²) in [6, 6.07) is 5.83. The lowest BCUT2D eigenvalue weighted by Crippen LogP contribution is -2.44. The number of nitrogens with one attached hydrogen (secondary N) is 1. The maximum absolute atomic E-state index is 12.0. The summed E-state index contributed by atoms with van der Waals surface area (Å²) >= 11 is 2.29. The summed E-state index contributed by atoms with van der Waals surface area (Å²) in [4.78, 5) is 0. The summed E-state index contributed by atoms with van der Waals surface area (Å²) in [5, 5.41) is 0. The van der Waals surface area contributed by atoms with Gasteiger partial charge in [-0.15, -0.1) is 4.72 Å². The van der Waals surface area contributed by atoms with Crippen LogP contribution in [0, 0.1) is 6.92 Å². The minimum Gasteiger partial charge on any atom is -0.598 e. The number of nitrogens with two attached hydrogens (primary N) is 1. The summed E-state index contributed by atoms with van der Waals surface area (Å²) in [5.74, 6) is 0. The van der Waals surface area contributed by atoms with E-state index in [0.717, 1.165) is 15.6 Å². The van der Waals surface area contributed by atoms with Crippen LogP contribution in [0.15, 0.2) is 22.7 Å². The summed E-state index contributed by atoms with van der Waals surface area (Å²) in [5.41, 5.74) is 8.06. The van der Waals surface area contributed by atoms with E-state index in [-0.39, 0.29) is 4.75 Å². The van der Waals surface area contributed by atoms with E-state index >= 15 is 0 Å². The van der Waals surface area contributed by atoms with Crippen LogP contribution in [0.5, 0.6) is 0 Å². The third-order valence-electron chi connectivity index (χ3n) is 2.43. The van der Waals surface area contributed by atoms with Crippen LogP contribution < -0.4 is 10.5 Å². The molecule has 0 aliphatic rings. The van der Waals surface area contributed by atoms with E-state index in [1.807, 2.05) is 45.9 Å². The van der Waals surface area contributed by atoms with Crippen LogP contribution in [0.25, 0.3) is 0 Å². The van der Waals surface area contributed by atoms with Crippen LogP contribution in [-0.4, -0.2) is 9.30 Å². The Morgan fingerprint density at radius 3 is 2.53 bits per heavy atom. The Morgan fingerprint density at radius 1 is 1.41 bits per heavy atom. The molecule has 0 radical (unpaired) electrons. The maximum Gasteiger partial charge on any atom is 0.137 e. The molecule has 0 bridgehead atoms. The molecule has 0 aliphatic heterocycles. The van der Waals surface area contributed by atoms with E-state index in [2.05, 4.69) is 20.7 Å². The minimum absolute atomic E-state index is 0.322. The first-order chi connectivity index (χ1) is 7.73. The molecule has 0 saturated heterocycles. The molecule has 5 heteroatoms. The summed E-state index contributed by atoms with van der Waals surface area (Å²) in [6.07, 6.45) is -0.424. The lowest BCUT2D eigenvalue weighted by Gasteiger charge is -2.27. The van der Waals surface area contributed by atoms with E-state index in [9.17, 15) is 4.55 Å². The largest absolute Gasteiger partial charge is 0.598 e. The Kier molecular flexibility index (Phi) is 5.04. The Balaban J connectivity index is 2.84. The van der Waals surface area contributed by atoms with Gasteiger partial charge in [-0.1, -0.05) is 28.1 Å². The fraction of sp³-hybridized carbons (Fsp3) is 0.500. The van der Waals surface area contributed by atoms with Crippen molar-refractivity contribution >= 4 is 27.3 Å². The second-order valence-electron chi connectivity index (χ2n) is 4.93. The van der Waals surface area contributed by atoms with Gasteiger partial charge in [0.15, 0.2) is 0 Å². The van der Waals surface area contributed by atoms with Crippen molar-refractivity contribution in [3.8, 4) is 0 Å². The highest BCUT2D eigenvalue weighted by atomic mass is 79.9. The molecule has 0 unspecified atom stereocenters. The van der Waals surface area contributed by atoms with Crippen molar-refractivity contribution in [3.05, 3.63) is 33.8 Å². The summed E-state index contributed by atoms with van der Waals surface area (Å²) < 4.78 is 15.6. The van der Waals surface area contributed by atoms with Crippen molar-refractivity contribution in [2.24, 2.45) is 5.73 Å². The molecule has 3 N–H and O–H groups in total. The molecular formula is C12H19BrN2OS. The monoisotopic (exact) mass is 318 g/mol. The van der Waals surface area contributed by atoms with Gasteiger partial charge < -0.3 is 10.3 Å². The first-order valence-electron chi connectivity index (χ1n) is 5.42. The fourth-order valence-electron chi connectivity index (χ4n) is 1.32. The highest BCUT2D eigenvalue weighted by Gasteiger charge is 2.28. The van der Waals surface area contributed by atoms with Crippen LogP contribution in [-0.2, 0) is 11.4 Å². The van der Waals surface area contributed by atoms with Crippen LogP contribution in [0.1, 0.15) is 38.1 Å². The van der Waals surface area contributed by atoms with Gasteiger partial charge >= 0.3 is 0 Å². The average molecular weight is 319 g/mol. The van der Waals surface area contributed by atoms with E-state index < -0.39 is 17.5 Å². The topological polar surface area (TPSA) is 61.1 Å². The van der Waals surface area contributed by atoms with E-state index in [1.165, 1.54) is 0 Å². The SMILES string of the molecule is Cc1c(Br)cccc1[C@@H](N)N[S@+]([O-])C(C)(C)C. The molecule has 0 amide bonds. The van der Waals surface area contributed by atoms with Crippen LogP contribution in [0.2, 0.25) is 0 Å². The molecule has 1 aromatic carbocycles. The van der Waals surface area contributed by atoms with Gasteiger partial charge in [-0.25, -0.2) is 0 Å². The van der Waals surface area contributed by atoms with Crippen molar-refractivity contribution < 1.29 is 4.55 Å². The van der Waals surface area contributed by atoms with Crippen molar-refractivity contribution in [2.45, 2.75) is 38.6 Å². The quantitative estimate of drug-likeness (QED) is 0.665. The van der Waals surface area contributed by atoms with Crippen molar-refractivity contribution in [1.82, 2.24) is 4.72 Å². The van der Waals surface area contributed by atoms with Crippen molar-refractivity contribution in [1.29, 1.82) is 0 Å². The Labute approximate surface area is 115 Å². The fourth-order valence-corrected chi connectivity index (χ4v) is 2.41. The number of benzene rings is 1. The zero-order chi connectivity index (χ0) is 13.2. The molecular weight excluding hydrogens is 300 g/mol. The smallest absolute Gasteiger partial charge is 0.137 e. The first kappa shape index (κ1) is 15.0. The first-order valence-corrected chi connectivity index (χ1v) is 7.36. The molecule has 2 atom stereocenters. The standard InChI is InChI=1S/C12H19BrN2OS/c1-8-9(6-5-7-10(8)13)11(14)15-17(16)12(2,3)4/h5-7,11,15H,14H2,1-4H3/t11-,17+/m0/s1. The van der Waals surface area contributed by atoms with Gasteiger partial charge in [0.1, 0.15) is 10.9 Å². The van der Waals surface area contributed by atoms with Gasteiger partial charge in [0, 0.05) is 15.8 Å². The van der Waals surface area contributed by atoms with Gasteiger partial charge in [-0.3, -0.25) is 0 Å². The van der Waals surface area contributed by atoms with Crippen LogP contribution in [0.3, 0.4) is 0 Å². The van der Waals surface area contributed by atoms with Crippen LogP contribution in [0.4, 0.5) is 0 Å². The molecule has 0 fully saturated rings.